The second-order valence-electron chi connectivity index (χ2n) is 15.1. The van der Waals surface area contributed by atoms with Crippen molar-refractivity contribution in [1.82, 2.24) is 29.9 Å². The molecule has 0 fully saturated rings. The number of nitrogens with one attached hydrogen (secondary N) is 4. The quantitative estimate of drug-likeness (QED) is 0.0964. The van der Waals surface area contributed by atoms with E-state index in [1.165, 1.54) is 54.6 Å². The number of anilines is 4. The Labute approximate surface area is 405 Å². The molecule has 4 heterocycles. The molecular formula is C52H33ClF4N10O4. The fraction of sp³-hybridized carbons (Fsp3) is 0. The minimum Gasteiger partial charge on any atom is -0.457 e. The lowest BCUT2D eigenvalue weighted by atomic mass is 10.2. The Balaban J connectivity index is 0.000000176. The van der Waals surface area contributed by atoms with Crippen LogP contribution in [0.5, 0.6) is 23.0 Å². The van der Waals surface area contributed by atoms with E-state index in [9.17, 15) is 27.2 Å². The lowest BCUT2D eigenvalue weighted by Gasteiger charge is -2.11. The third kappa shape index (κ3) is 12.0. The molecule has 10 aromatic rings. The molecule has 0 atom stereocenters. The topological polar surface area (TPSA) is 178 Å². The van der Waals surface area contributed by atoms with Crippen LogP contribution in [0.25, 0.3) is 44.6 Å². The SMILES string of the molecule is O=C(Nc1ccc(Cl)c(F)c1)Nc1ccc(Oc2ccc3ncc(-c4cccnc4)nc3c2)cc1F.O=C(Nc1cccc(F)c1)Nc1ccc(Oc2ccc3ncc(-c4cccnc4)nc3c2)cc1F. The van der Waals surface area contributed by atoms with E-state index < -0.39 is 35.3 Å². The molecule has 14 nitrogen and oxygen atoms in total. The predicted octanol–water partition coefficient (Wildman–Crippen LogP) is 13.5. The van der Waals surface area contributed by atoms with E-state index in [2.05, 4.69) is 51.2 Å². The number of aromatic nitrogens is 6. The van der Waals surface area contributed by atoms with Gasteiger partial charge in [-0.05, 0) is 109 Å². The molecule has 350 valence electrons. The normalized spacial score (nSPS) is 10.7. The number of halogens is 5. The summed E-state index contributed by atoms with van der Waals surface area (Å²) in [6, 6.07) is 33.5. The van der Waals surface area contributed by atoms with Crippen LogP contribution in [0.4, 0.5) is 49.9 Å². The summed E-state index contributed by atoms with van der Waals surface area (Å²) in [6.45, 7) is 0. The molecule has 0 saturated heterocycles. The van der Waals surface area contributed by atoms with E-state index in [1.54, 1.807) is 73.6 Å². The number of fused-ring (bicyclic) bond motifs is 2. The zero-order chi connectivity index (χ0) is 49.3. The Kier molecular flexibility index (Phi) is 13.9. The maximum atomic E-state index is 14.6. The van der Waals surface area contributed by atoms with Gasteiger partial charge < -0.3 is 30.7 Å². The van der Waals surface area contributed by atoms with Gasteiger partial charge in [0.1, 0.15) is 46.3 Å². The van der Waals surface area contributed by atoms with Crippen LogP contribution < -0.4 is 30.7 Å². The number of hydrogen-bond acceptors (Lipinski definition) is 10. The largest absolute Gasteiger partial charge is 0.457 e. The monoisotopic (exact) mass is 972 g/mol. The minimum atomic E-state index is -0.748. The van der Waals surface area contributed by atoms with Crippen LogP contribution in [0.2, 0.25) is 5.02 Å². The molecule has 0 radical (unpaired) electrons. The Morgan fingerprint density at radius 3 is 1.41 bits per heavy atom. The van der Waals surface area contributed by atoms with Gasteiger partial charge in [0.2, 0.25) is 0 Å². The van der Waals surface area contributed by atoms with Gasteiger partial charge in [0.15, 0.2) is 0 Å². The molecule has 10 rings (SSSR count). The first kappa shape index (κ1) is 46.6. The average molecular weight is 973 g/mol. The summed E-state index contributed by atoms with van der Waals surface area (Å²) < 4.78 is 67.6. The van der Waals surface area contributed by atoms with Gasteiger partial charge in [0, 0.05) is 71.6 Å². The van der Waals surface area contributed by atoms with Crippen molar-refractivity contribution in [2.75, 3.05) is 21.3 Å². The highest BCUT2D eigenvalue weighted by Crippen LogP contribution is 2.31. The van der Waals surface area contributed by atoms with Gasteiger partial charge in [0.05, 0.1) is 62.2 Å². The Hall–Kier alpha value is -9.55. The van der Waals surface area contributed by atoms with Gasteiger partial charge in [-0.2, -0.15) is 0 Å². The molecule has 71 heavy (non-hydrogen) atoms. The van der Waals surface area contributed by atoms with Crippen LogP contribution in [0.3, 0.4) is 0 Å². The third-order valence-corrected chi connectivity index (χ3v) is 10.4. The number of carbonyl (C=O) groups is 2. The summed E-state index contributed by atoms with van der Waals surface area (Å²) in [5.41, 5.74) is 5.82. The first-order valence-corrected chi connectivity index (χ1v) is 21.5. The third-order valence-electron chi connectivity index (χ3n) is 10.1. The molecule has 0 aliphatic rings. The van der Waals surface area contributed by atoms with Crippen molar-refractivity contribution in [3.63, 3.8) is 0 Å². The van der Waals surface area contributed by atoms with Gasteiger partial charge >= 0.3 is 12.1 Å². The van der Waals surface area contributed by atoms with Gasteiger partial charge in [0.25, 0.3) is 0 Å². The van der Waals surface area contributed by atoms with E-state index in [0.717, 1.165) is 35.4 Å². The number of rotatable bonds is 10. The second kappa shape index (κ2) is 21.2. The predicted molar refractivity (Wildman–Crippen MR) is 262 cm³/mol. The number of carbonyl (C=O) groups excluding carboxylic acids is 2. The van der Waals surface area contributed by atoms with Crippen LogP contribution in [-0.4, -0.2) is 42.0 Å². The zero-order valence-corrected chi connectivity index (χ0v) is 37.2. The molecule has 0 aliphatic carbocycles. The van der Waals surface area contributed by atoms with Crippen LogP contribution in [-0.2, 0) is 0 Å². The maximum absolute atomic E-state index is 14.6. The molecule has 0 spiro atoms. The molecule has 4 amide bonds. The first-order valence-electron chi connectivity index (χ1n) is 21.1. The summed E-state index contributed by atoms with van der Waals surface area (Å²) in [5.74, 6) is -1.27. The molecule has 0 saturated carbocycles. The van der Waals surface area contributed by atoms with Crippen LogP contribution >= 0.6 is 11.6 Å². The number of pyridine rings is 2. The highest BCUT2D eigenvalue weighted by atomic mass is 35.5. The number of hydrogen-bond donors (Lipinski definition) is 4. The number of ether oxygens (including phenoxy) is 2. The number of nitrogens with zero attached hydrogens (tertiary/aromatic N) is 6. The molecule has 4 N–H and O–H groups in total. The molecule has 19 heteroatoms. The smallest absolute Gasteiger partial charge is 0.323 e. The Bertz CT molecular complexity index is 3580. The van der Waals surface area contributed by atoms with Crippen molar-refractivity contribution in [1.29, 1.82) is 0 Å². The zero-order valence-electron chi connectivity index (χ0n) is 36.4. The van der Waals surface area contributed by atoms with Crippen molar-refractivity contribution in [2.24, 2.45) is 0 Å². The summed E-state index contributed by atoms with van der Waals surface area (Å²) in [7, 11) is 0. The van der Waals surface area contributed by atoms with Gasteiger partial charge in [-0.15, -0.1) is 0 Å². The first-order chi connectivity index (χ1) is 34.5. The minimum absolute atomic E-state index is 0.0586. The standard InChI is InChI=1S/C26H16ClF2N5O2.C26H17F2N5O2/c27-19-6-3-16(10-20(19)28)32-26(35)34-22-7-4-17(11-21(22)29)36-18-5-8-23-24(12-18)33-25(14-31-23)15-2-1-9-30-13-15;27-17-4-1-5-18(11-17)31-26(34)33-22-8-6-19(12-21(22)28)35-20-7-9-23-24(13-20)32-25(15-30-23)16-3-2-10-29-14-16/h1-14H,(H2,32,34,35);1-15H,(H2,31,33,34). The molecule has 0 bridgehead atoms. The fourth-order valence-corrected chi connectivity index (χ4v) is 6.84. The molecule has 4 aromatic heterocycles. The summed E-state index contributed by atoms with van der Waals surface area (Å²) in [6.07, 6.45) is 10.1. The van der Waals surface area contributed by atoms with Crippen molar-refractivity contribution in [3.8, 4) is 45.5 Å². The number of benzene rings is 6. The molecular weight excluding hydrogens is 940 g/mol. The lowest BCUT2D eigenvalue weighted by Crippen LogP contribution is -2.20. The summed E-state index contributed by atoms with van der Waals surface area (Å²) >= 11 is 5.63. The van der Waals surface area contributed by atoms with Crippen LogP contribution in [0.1, 0.15) is 0 Å². The number of urea groups is 2. The molecule has 0 aliphatic heterocycles. The lowest BCUT2D eigenvalue weighted by molar-refractivity contribution is 0.261. The van der Waals surface area contributed by atoms with Crippen molar-refractivity contribution in [2.45, 2.75) is 0 Å². The van der Waals surface area contributed by atoms with Crippen molar-refractivity contribution in [3.05, 3.63) is 205 Å². The average Bonchev–Trinajstić information content (AvgIpc) is 3.37. The van der Waals surface area contributed by atoms with E-state index in [-0.39, 0.29) is 39.3 Å². The number of amides is 4. The van der Waals surface area contributed by atoms with E-state index >= 15 is 0 Å². The Morgan fingerprint density at radius 1 is 0.451 bits per heavy atom. The molecule has 0 unspecified atom stereocenters. The van der Waals surface area contributed by atoms with Crippen LogP contribution in [0.15, 0.2) is 177 Å². The van der Waals surface area contributed by atoms with E-state index in [1.807, 2.05) is 24.3 Å². The van der Waals surface area contributed by atoms with E-state index in [4.69, 9.17) is 21.1 Å². The second-order valence-corrected chi connectivity index (χ2v) is 15.5. The maximum Gasteiger partial charge on any atom is 0.323 e. The van der Waals surface area contributed by atoms with Gasteiger partial charge in [-0.3, -0.25) is 19.9 Å². The van der Waals surface area contributed by atoms with Gasteiger partial charge in [-0.1, -0.05) is 17.7 Å². The summed E-state index contributed by atoms with van der Waals surface area (Å²) in [4.78, 5) is 50.6. The van der Waals surface area contributed by atoms with Crippen molar-refractivity contribution >= 4 is 68.5 Å². The van der Waals surface area contributed by atoms with Crippen molar-refractivity contribution < 1.29 is 36.6 Å². The molecule has 6 aromatic carbocycles. The Morgan fingerprint density at radius 2 is 0.944 bits per heavy atom. The van der Waals surface area contributed by atoms with E-state index in [0.29, 0.717) is 45.0 Å². The van der Waals surface area contributed by atoms with Gasteiger partial charge in [-0.25, -0.2) is 37.1 Å². The highest BCUT2D eigenvalue weighted by Gasteiger charge is 2.14. The highest BCUT2D eigenvalue weighted by molar-refractivity contribution is 6.30. The fourth-order valence-electron chi connectivity index (χ4n) is 6.72. The summed E-state index contributed by atoms with van der Waals surface area (Å²) in [5, 5.41) is 9.54. The van der Waals surface area contributed by atoms with Crippen LogP contribution in [0, 0.1) is 23.3 Å².